The Labute approximate surface area is 137 Å². The Morgan fingerprint density at radius 3 is 2.35 bits per heavy atom. The largest absolute Gasteiger partial charge is 0.497 e. The third-order valence-electron chi connectivity index (χ3n) is 4.24. The van der Waals surface area contributed by atoms with Gasteiger partial charge >= 0.3 is 0 Å². The molecule has 0 saturated carbocycles. The summed E-state index contributed by atoms with van der Waals surface area (Å²) in [6.45, 7) is 3.91. The van der Waals surface area contributed by atoms with Gasteiger partial charge < -0.3 is 14.8 Å². The van der Waals surface area contributed by atoms with E-state index < -0.39 is 5.41 Å². The van der Waals surface area contributed by atoms with Crippen LogP contribution in [0.4, 0.5) is 5.69 Å². The highest BCUT2D eigenvalue weighted by Crippen LogP contribution is 2.38. The van der Waals surface area contributed by atoms with Crippen LogP contribution in [0.1, 0.15) is 25.8 Å². The second kappa shape index (κ2) is 7.18. The third-order valence-corrected chi connectivity index (χ3v) is 4.24. The van der Waals surface area contributed by atoms with E-state index in [1.54, 1.807) is 14.2 Å². The van der Waals surface area contributed by atoms with Crippen molar-refractivity contribution in [1.29, 1.82) is 0 Å². The first-order chi connectivity index (χ1) is 11.0. The summed E-state index contributed by atoms with van der Waals surface area (Å²) < 4.78 is 10.8. The summed E-state index contributed by atoms with van der Waals surface area (Å²) in [6, 6.07) is 15.0. The first-order valence-electron chi connectivity index (χ1n) is 7.64. The van der Waals surface area contributed by atoms with E-state index in [1.807, 2.05) is 62.4 Å². The first kappa shape index (κ1) is 16.9. The van der Waals surface area contributed by atoms with Crippen LogP contribution in [0, 0.1) is 0 Å². The Morgan fingerprint density at radius 1 is 1.09 bits per heavy atom. The van der Waals surface area contributed by atoms with Gasteiger partial charge in [0.15, 0.2) is 0 Å². The van der Waals surface area contributed by atoms with Gasteiger partial charge in [0.1, 0.15) is 11.5 Å². The molecule has 122 valence electrons. The lowest BCUT2D eigenvalue weighted by Crippen LogP contribution is -2.37. The summed E-state index contributed by atoms with van der Waals surface area (Å²) in [4.78, 5) is 12.9. The molecule has 0 bridgehead atoms. The van der Waals surface area contributed by atoms with Crippen molar-refractivity contribution in [3.63, 3.8) is 0 Å². The Bertz CT molecular complexity index is 670. The Morgan fingerprint density at radius 2 is 1.78 bits per heavy atom. The lowest BCUT2D eigenvalue weighted by atomic mass is 9.78. The SMILES string of the molecule is CCC(C)(C(=O)Nc1ccccc1)c1cc(OC)ccc1OC. The van der Waals surface area contributed by atoms with Crippen LogP contribution in [0.25, 0.3) is 0 Å². The molecular formula is C19H23NO3. The van der Waals surface area contributed by atoms with E-state index in [2.05, 4.69) is 5.32 Å². The zero-order valence-electron chi connectivity index (χ0n) is 14.1. The highest BCUT2D eigenvalue weighted by molar-refractivity contribution is 5.99. The molecule has 2 aromatic rings. The average Bonchev–Trinajstić information content (AvgIpc) is 2.61. The van der Waals surface area contributed by atoms with Crippen LogP contribution in [0.2, 0.25) is 0 Å². The quantitative estimate of drug-likeness (QED) is 0.876. The molecule has 1 amide bonds. The average molecular weight is 313 g/mol. The van der Waals surface area contributed by atoms with Gasteiger partial charge in [-0.1, -0.05) is 25.1 Å². The Balaban J connectivity index is 2.41. The van der Waals surface area contributed by atoms with E-state index >= 15 is 0 Å². The minimum atomic E-state index is -0.726. The van der Waals surface area contributed by atoms with Crippen LogP contribution < -0.4 is 14.8 Å². The number of amides is 1. The van der Waals surface area contributed by atoms with Gasteiger partial charge in [-0.25, -0.2) is 0 Å². The molecule has 0 aromatic heterocycles. The predicted octanol–water partition coefficient (Wildman–Crippen LogP) is 4.01. The second-order valence-electron chi connectivity index (χ2n) is 5.57. The highest BCUT2D eigenvalue weighted by Gasteiger charge is 2.36. The van der Waals surface area contributed by atoms with Crippen LogP contribution in [0.15, 0.2) is 48.5 Å². The minimum absolute atomic E-state index is 0.0715. The van der Waals surface area contributed by atoms with Crippen molar-refractivity contribution < 1.29 is 14.3 Å². The van der Waals surface area contributed by atoms with Crippen molar-refractivity contribution in [3.8, 4) is 11.5 Å². The molecule has 4 nitrogen and oxygen atoms in total. The van der Waals surface area contributed by atoms with Crippen molar-refractivity contribution in [2.75, 3.05) is 19.5 Å². The van der Waals surface area contributed by atoms with Gasteiger partial charge in [0, 0.05) is 11.3 Å². The smallest absolute Gasteiger partial charge is 0.234 e. The Kier molecular flexibility index (Phi) is 5.27. The first-order valence-corrected chi connectivity index (χ1v) is 7.64. The number of carbonyl (C=O) groups is 1. The van der Waals surface area contributed by atoms with E-state index in [1.165, 1.54) is 0 Å². The van der Waals surface area contributed by atoms with E-state index in [0.717, 1.165) is 11.3 Å². The second-order valence-corrected chi connectivity index (χ2v) is 5.57. The number of benzene rings is 2. The summed E-state index contributed by atoms with van der Waals surface area (Å²) in [6.07, 6.45) is 0.634. The van der Waals surface area contributed by atoms with Crippen molar-refractivity contribution in [2.24, 2.45) is 0 Å². The number of nitrogens with one attached hydrogen (secondary N) is 1. The maximum absolute atomic E-state index is 12.9. The van der Waals surface area contributed by atoms with Crippen LogP contribution in [0.3, 0.4) is 0 Å². The predicted molar refractivity (Wildman–Crippen MR) is 92.3 cm³/mol. The molecule has 2 rings (SSSR count). The lowest BCUT2D eigenvalue weighted by Gasteiger charge is -2.29. The van der Waals surface area contributed by atoms with Crippen molar-refractivity contribution in [2.45, 2.75) is 25.7 Å². The third kappa shape index (κ3) is 3.47. The minimum Gasteiger partial charge on any atom is -0.497 e. The molecule has 2 aromatic carbocycles. The van der Waals surface area contributed by atoms with Gasteiger partial charge in [-0.05, 0) is 43.7 Å². The van der Waals surface area contributed by atoms with Crippen LogP contribution in [-0.4, -0.2) is 20.1 Å². The number of hydrogen-bond acceptors (Lipinski definition) is 3. The van der Waals surface area contributed by atoms with Gasteiger partial charge in [0.25, 0.3) is 0 Å². The van der Waals surface area contributed by atoms with Gasteiger partial charge in [0.2, 0.25) is 5.91 Å². The van der Waals surface area contributed by atoms with E-state index in [9.17, 15) is 4.79 Å². The summed E-state index contributed by atoms with van der Waals surface area (Å²) in [5, 5.41) is 2.99. The van der Waals surface area contributed by atoms with Gasteiger partial charge in [-0.15, -0.1) is 0 Å². The molecule has 0 aliphatic rings. The molecule has 4 heteroatoms. The van der Waals surface area contributed by atoms with E-state index in [0.29, 0.717) is 17.9 Å². The maximum atomic E-state index is 12.9. The molecule has 23 heavy (non-hydrogen) atoms. The summed E-state index contributed by atoms with van der Waals surface area (Å²) in [5.74, 6) is 1.31. The number of para-hydroxylation sites is 1. The van der Waals surface area contributed by atoms with Crippen molar-refractivity contribution in [1.82, 2.24) is 0 Å². The summed E-state index contributed by atoms with van der Waals surface area (Å²) >= 11 is 0. The summed E-state index contributed by atoms with van der Waals surface area (Å²) in [5.41, 5.74) is 0.865. The number of ether oxygens (including phenoxy) is 2. The fourth-order valence-corrected chi connectivity index (χ4v) is 2.51. The molecule has 0 fully saturated rings. The number of carbonyl (C=O) groups excluding carboxylic acids is 1. The van der Waals surface area contributed by atoms with Gasteiger partial charge in [-0.3, -0.25) is 4.79 Å². The fourth-order valence-electron chi connectivity index (χ4n) is 2.51. The molecule has 0 radical (unpaired) electrons. The zero-order valence-corrected chi connectivity index (χ0v) is 14.1. The highest BCUT2D eigenvalue weighted by atomic mass is 16.5. The fraction of sp³-hybridized carbons (Fsp3) is 0.316. The molecule has 0 spiro atoms. The maximum Gasteiger partial charge on any atom is 0.234 e. The number of hydrogen-bond donors (Lipinski definition) is 1. The number of methoxy groups -OCH3 is 2. The standard InChI is InChI=1S/C19H23NO3/c1-5-19(2,18(21)20-14-9-7-6-8-10-14)16-13-15(22-3)11-12-17(16)23-4/h6-13H,5H2,1-4H3,(H,20,21). The zero-order chi connectivity index (χ0) is 16.9. The molecule has 0 aliphatic heterocycles. The van der Waals surface area contributed by atoms with E-state index in [-0.39, 0.29) is 5.91 Å². The van der Waals surface area contributed by atoms with Crippen LogP contribution in [0.5, 0.6) is 11.5 Å². The van der Waals surface area contributed by atoms with E-state index in [4.69, 9.17) is 9.47 Å². The number of anilines is 1. The number of rotatable bonds is 6. The Hall–Kier alpha value is -2.49. The van der Waals surface area contributed by atoms with Crippen molar-refractivity contribution in [3.05, 3.63) is 54.1 Å². The molecule has 0 heterocycles. The summed E-state index contributed by atoms with van der Waals surface area (Å²) in [7, 11) is 3.22. The molecule has 1 N–H and O–H groups in total. The van der Waals surface area contributed by atoms with Crippen molar-refractivity contribution >= 4 is 11.6 Å². The van der Waals surface area contributed by atoms with Gasteiger partial charge in [0.05, 0.1) is 19.6 Å². The van der Waals surface area contributed by atoms with Crippen LogP contribution in [-0.2, 0) is 10.2 Å². The molecule has 0 saturated heterocycles. The van der Waals surface area contributed by atoms with Gasteiger partial charge in [-0.2, -0.15) is 0 Å². The lowest BCUT2D eigenvalue weighted by molar-refractivity contribution is -0.121. The topological polar surface area (TPSA) is 47.6 Å². The molecule has 0 aliphatic carbocycles. The van der Waals surface area contributed by atoms with Crippen LogP contribution >= 0.6 is 0 Å². The molecular weight excluding hydrogens is 290 g/mol. The monoisotopic (exact) mass is 313 g/mol. The molecule has 1 unspecified atom stereocenters. The normalized spacial score (nSPS) is 13.0. The molecule has 1 atom stereocenters.